The number of Topliss-reactive ketones (excluding diaryl/α,β-unsaturated/α-hetero) is 3. The number of benzene rings is 4. The van der Waals surface area contributed by atoms with Crippen LogP contribution in [0, 0.1) is 24.0 Å². The van der Waals surface area contributed by atoms with E-state index in [-0.39, 0.29) is 22.5 Å². The molecule has 1 fully saturated rings. The van der Waals surface area contributed by atoms with Crippen molar-refractivity contribution in [2.24, 2.45) is 5.41 Å². The molecule has 0 radical (unpaired) electrons. The summed E-state index contributed by atoms with van der Waals surface area (Å²) in [6.07, 6.45) is 3.38. The lowest BCUT2D eigenvalue weighted by atomic mass is 9.64. The summed E-state index contributed by atoms with van der Waals surface area (Å²) in [5.74, 6) is -3.44. The highest BCUT2D eigenvalue weighted by Crippen LogP contribution is 2.61. The van der Waals surface area contributed by atoms with Crippen LogP contribution in [-0.4, -0.2) is 29.4 Å². The first-order valence-corrected chi connectivity index (χ1v) is 13.1. The monoisotopic (exact) mass is 531 g/mol. The minimum absolute atomic E-state index is 0.119. The highest BCUT2D eigenvalue weighted by Gasteiger charge is 2.71. The standard InChI is InChI=1S/C34H23F2NO3/c1-19-10-12-20(13-11-19)31(38)30-29(25-8-4-5-9-26(25)36)34(32(39)23-6-2-3-7-24(23)33(34)40)28-17-14-21-18-22(35)15-16-27(21)37(28)30/h2-18,28-30H,1H3/t28-,29-,30+/m0/s1. The van der Waals surface area contributed by atoms with Crippen LogP contribution < -0.4 is 4.90 Å². The number of rotatable bonds is 3. The van der Waals surface area contributed by atoms with Crippen molar-refractivity contribution in [3.8, 4) is 0 Å². The second-order valence-electron chi connectivity index (χ2n) is 10.7. The van der Waals surface area contributed by atoms with E-state index in [0.717, 1.165) is 5.56 Å². The van der Waals surface area contributed by atoms with Gasteiger partial charge in [0.25, 0.3) is 0 Å². The van der Waals surface area contributed by atoms with E-state index in [1.165, 1.54) is 24.3 Å². The number of hydrogen-bond donors (Lipinski definition) is 0. The Hall–Kier alpha value is -4.71. The van der Waals surface area contributed by atoms with Gasteiger partial charge in [0.15, 0.2) is 17.3 Å². The van der Waals surface area contributed by atoms with Gasteiger partial charge in [-0.25, -0.2) is 8.78 Å². The maximum atomic E-state index is 15.8. The summed E-state index contributed by atoms with van der Waals surface area (Å²) in [4.78, 5) is 45.3. The fraction of sp³-hybridized carbons (Fsp3) is 0.147. The van der Waals surface area contributed by atoms with Crippen molar-refractivity contribution in [1.29, 1.82) is 0 Å². The number of aryl methyl sites for hydroxylation is 1. The first kappa shape index (κ1) is 24.3. The van der Waals surface area contributed by atoms with Gasteiger partial charge in [-0.2, -0.15) is 0 Å². The van der Waals surface area contributed by atoms with Gasteiger partial charge in [0, 0.05) is 33.9 Å². The lowest BCUT2D eigenvalue weighted by Gasteiger charge is -2.37. The molecule has 0 unspecified atom stereocenters. The Labute approximate surface area is 229 Å². The van der Waals surface area contributed by atoms with Crippen LogP contribution in [0.5, 0.6) is 0 Å². The van der Waals surface area contributed by atoms with Crippen LogP contribution in [0.15, 0.2) is 97.1 Å². The molecule has 6 heteroatoms. The fourth-order valence-electron chi connectivity index (χ4n) is 6.91. The molecule has 7 rings (SSSR count). The largest absolute Gasteiger partial charge is 0.352 e. The summed E-state index contributed by atoms with van der Waals surface area (Å²) in [7, 11) is 0. The van der Waals surface area contributed by atoms with Crippen molar-refractivity contribution in [2.45, 2.75) is 24.9 Å². The molecule has 3 aliphatic rings. The summed E-state index contributed by atoms with van der Waals surface area (Å²) < 4.78 is 30.1. The number of nitrogens with zero attached hydrogens (tertiary/aromatic N) is 1. The van der Waals surface area contributed by atoms with E-state index in [1.54, 1.807) is 71.6 Å². The lowest BCUT2D eigenvalue weighted by molar-refractivity contribution is 0.0664. The first-order chi connectivity index (χ1) is 19.3. The minimum Gasteiger partial charge on any atom is -0.352 e. The quantitative estimate of drug-likeness (QED) is 0.221. The number of anilines is 1. The smallest absolute Gasteiger partial charge is 0.185 e. The fourth-order valence-corrected chi connectivity index (χ4v) is 6.91. The van der Waals surface area contributed by atoms with E-state index in [9.17, 15) is 18.8 Å². The molecule has 4 aromatic rings. The molecular weight excluding hydrogens is 508 g/mol. The second kappa shape index (κ2) is 8.65. The predicted octanol–water partition coefficient (Wildman–Crippen LogP) is 6.59. The van der Waals surface area contributed by atoms with E-state index < -0.39 is 46.6 Å². The average molecular weight is 532 g/mol. The van der Waals surface area contributed by atoms with E-state index in [0.29, 0.717) is 16.8 Å². The Morgan fingerprint density at radius 1 is 0.825 bits per heavy atom. The molecule has 4 aromatic carbocycles. The van der Waals surface area contributed by atoms with Gasteiger partial charge in [0.2, 0.25) is 0 Å². The molecule has 40 heavy (non-hydrogen) atoms. The second-order valence-corrected chi connectivity index (χ2v) is 10.7. The Bertz CT molecular complexity index is 1740. The summed E-state index contributed by atoms with van der Waals surface area (Å²) in [5.41, 5.74) is 1.19. The summed E-state index contributed by atoms with van der Waals surface area (Å²) >= 11 is 0. The molecule has 2 aliphatic heterocycles. The zero-order valence-electron chi connectivity index (χ0n) is 21.5. The van der Waals surface area contributed by atoms with Crippen molar-refractivity contribution in [3.05, 3.63) is 142 Å². The normalized spacial score (nSPS) is 21.9. The van der Waals surface area contributed by atoms with Crippen molar-refractivity contribution >= 4 is 29.1 Å². The molecule has 1 saturated heterocycles. The predicted molar refractivity (Wildman–Crippen MR) is 148 cm³/mol. The van der Waals surface area contributed by atoms with E-state index >= 15 is 4.39 Å². The molecule has 0 aromatic heterocycles. The van der Waals surface area contributed by atoms with Gasteiger partial charge in [-0.1, -0.05) is 84.4 Å². The summed E-state index contributed by atoms with van der Waals surface area (Å²) in [6, 6.07) is 21.8. The van der Waals surface area contributed by atoms with Gasteiger partial charge in [-0.15, -0.1) is 0 Å². The molecule has 0 amide bonds. The average Bonchev–Trinajstić information content (AvgIpc) is 3.39. The number of fused-ring (bicyclic) bond motifs is 5. The van der Waals surface area contributed by atoms with Gasteiger partial charge >= 0.3 is 0 Å². The van der Waals surface area contributed by atoms with E-state index in [4.69, 9.17) is 0 Å². The topological polar surface area (TPSA) is 54.5 Å². The number of hydrogen-bond acceptors (Lipinski definition) is 4. The number of carbonyl (C=O) groups is 3. The van der Waals surface area contributed by atoms with Gasteiger partial charge < -0.3 is 4.90 Å². The lowest BCUT2D eigenvalue weighted by Crippen LogP contribution is -2.48. The van der Waals surface area contributed by atoms with Crippen LogP contribution in [0.2, 0.25) is 0 Å². The van der Waals surface area contributed by atoms with Gasteiger partial charge in [0.1, 0.15) is 23.1 Å². The van der Waals surface area contributed by atoms with Crippen LogP contribution in [0.1, 0.15) is 53.7 Å². The summed E-state index contributed by atoms with van der Waals surface area (Å²) in [5, 5.41) is 0. The molecular formula is C34H23F2NO3. The van der Waals surface area contributed by atoms with Crippen LogP contribution in [0.25, 0.3) is 6.08 Å². The molecule has 0 saturated carbocycles. The number of ketones is 3. The molecule has 1 spiro atoms. The summed E-state index contributed by atoms with van der Waals surface area (Å²) in [6.45, 7) is 1.91. The Balaban J connectivity index is 1.56. The third-order valence-corrected chi connectivity index (χ3v) is 8.61. The Morgan fingerprint density at radius 3 is 2.15 bits per heavy atom. The third kappa shape index (κ3) is 3.13. The van der Waals surface area contributed by atoms with Crippen LogP contribution in [-0.2, 0) is 0 Å². The van der Waals surface area contributed by atoms with Crippen molar-refractivity contribution in [2.75, 3.05) is 4.90 Å². The molecule has 4 nitrogen and oxygen atoms in total. The molecule has 2 heterocycles. The van der Waals surface area contributed by atoms with Crippen LogP contribution >= 0.6 is 0 Å². The zero-order chi connectivity index (χ0) is 27.8. The van der Waals surface area contributed by atoms with E-state index in [1.807, 2.05) is 19.1 Å². The number of carbonyl (C=O) groups excluding carboxylic acids is 3. The number of halogens is 2. The minimum atomic E-state index is -1.81. The Kier molecular flexibility index (Phi) is 5.26. The SMILES string of the molecule is Cc1ccc(C(=O)[C@H]2[C@H](c3ccccc3F)C3(C(=O)c4ccccc4C3=O)[C@@H]3C=Cc4cc(F)ccc4N32)cc1. The van der Waals surface area contributed by atoms with Gasteiger partial charge in [-0.05, 0) is 36.8 Å². The van der Waals surface area contributed by atoms with Crippen LogP contribution in [0.4, 0.5) is 14.5 Å². The third-order valence-electron chi connectivity index (χ3n) is 8.61. The molecule has 1 aliphatic carbocycles. The molecule has 0 bridgehead atoms. The Morgan fingerprint density at radius 2 is 1.48 bits per heavy atom. The first-order valence-electron chi connectivity index (χ1n) is 13.1. The zero-order valence-corrected chi connectivity index (χ0v) is 21.5. The van der Waals surface area contributed by atoms with Crippen LogP contribution in [0.3, 0.4) is 0 Å². The molecule has 0 N–H and O–H groups in total. The maximum Gasteiger partial charge on any atom is 0.185 e. The highest BCUT2D eigenvalue weighted by atomic mass is 19.1. The van der Waals surface area contributed by atoms with Crippen molar-refractivity contribution in [3.63, 3.8) is 0 Å². The van der Waals surface area contributed by atoms with Gasteiger partial charge in [-0.3, -0.25) is 14.4 Å². The van der Waals surface area contributed by atoms with Crippen molar-refractivity contribution in [1.82, 2.24) is 0 Å². The van der Waals surface area contributed by atoms with Gasteiger partial charge in [0.05, 0.1) is 6.04 Å². The van der Waals surface area contributed by atoms with Crippen molar-refractivity contribution < 1.29 is 23.2 Å². The van der Waals surface area contributed by atoms with E-state index in [2.05, 4.69) is 0 Å². The molecule has 3 atom stereocenters. The molecule has 196 valence electrons. The highest BCUT2D eigenvalue weighted by molar-refractivity contribution is 6.32. The maximum absolute atomic E-state index is 15.8.